The van der Waals surface area contributed by atoms with Crippen LogP contribution in [0.3, 0.4) is 0 Å². The van der Waals surface area contributed by atoms with Gasteiger partial charge in [0, 0.05) is 16.1 Å². The topological polar surface area (TPSA) is 26.0 Å². The van der Waals surface area contributed by atoms with Crippen LogP contribution in [0.5, 0.6) is 0 Å². The Balaban J connectivity index is 0.00000144. The van der Waals surface area contributed by atoms with Crippen molar-refractivity contribution in [2.24, 2.45) is 5.73 Å². The Kier molecular flexibility index (Phi) is 5.73. The molecule has 0 aliphatic heterocycles. The molecule has 0 saturated heterocycles. The van der Waals surface area contributed by atoms with Gasteiger partial charge >= 0.3 is 0 Å². The van der Waals surface area contributed by atoms with Crippen molar-refractivity contribution in [1.29, 1.82) is 0 Å². The molecule has 0 unspecified atom stereocenters. The lowest BCUT2D eigenvalue weighted by molar-refractivity contribution is 0.699. The standard InChI is InChI=1S/C9H11Cl2N.ClH/c1-2-9(12)6-3-7(10)5-8(11)4-6;/h3-5,9H,2,12H2,1H3;1H/t9-;/m0./s1. The summed E-state index contributed by atoms with van der Waals surface area (Å²) in [6.45, 7) is 2.03. The fraction of sp³-hybridized carbons (Fsp3) is 0.333. The minimum atomic E-state index is 0. The lowest BCUT2D eigenvalue weighted by atomic mass is 10.1. The Morgan fingerprint density at radius 2 is 1.69 bits per heavy atom. The van der Waals surface area contributed by atoms with Gasteiger partial charge in [-0.05, 0) is 30.2 Å². The number of rotatable bonds is 2. The smallest absolute Gasteiger partial charge is 0.0424 e. The van der Waals surface area contributed by atoms with Crippen LogP contribution in [0.15, 0.2) is 18.2 Å². The molecule has 74 valence electrons. The second kappa shape index (κ2) is 5.71. The maximum Gasteiger partial charge on any atom is 0.0424 e. The van der Waals surface area contributed by atoms with Crippen LogP contribution in [0.1, 0.15) is 24.9 Å². The van der Waals surface area contributed by atoms with E-state index in [0.717, 1.165) is 12.0 Å². The van der Waals surface area contributed by atoms with Gasteiger partial charge in [0.25, 0.3) is 0 Å². The van der Waals surface area contributed by atoms with E-state index in [2.05, 4.69) is 0 Å². The first-order chi connectivity index (χ1) is 5.63. The van der Waals surface area contributed by atoms with Crippen LogP contribution in [0.4, 0.5) is 0 Å². The Hall–Kier alpha value is 0.0500. The fourth-order valence-electron chi connectivity index (χ4n) is 1.02. The van der Waals surface area contributed by atoms with Crippen molar-refractivity contribution in [3.63, 3.8) is 0 Å². The van der Waals surface area contributed by atoms with Gasteiger partial charge in [-0.2, -0.15) is 0 Å². The van der Waals surface area contributed by atoms with Crippen molar-refractivity contribution < 1.29 is 0 Å². The molecule has 4 heteroatoms. The zero-order valence-corrected chi connectivity index (χ0v) is 9.59. The van der Waals surface area contributed by atoms with E-state index in [1.807, 2.05) is 19.1 Å². The van der Waals surface area contributed by atoms with E-state index in [1.165, 1.54) is 0 Å². The van der Waals surface area contributed by atoms with Gasteiger partial charge in [-0.1, -0.05) is 30.1 Å². The van der Waals surface area contributed by atoms with E-state index < -0.39 is 0 Å². The summed E-state index contributed by atoms with van der Waals surface area (Å²) in [5.41, 5.74) is 6.81. The molecule has 1 nitrogen and oxygen atoms in total. The highest BCUT2D eigenvalue weighted by Crippen LogP contribution is 2.23. The van der Waals surface area contributed by atoms with Crippen LogP contribution < -0.4 is 5.73 Å². The molecule has 1 aromatic carbocycles. The van der Waals surface area contributed by atoms with Crippen molar-refractivity contribution in [1.82, 2.24) is 0 Å². The molecule has 0 aliphatic carbocycles. The van der Waals surface area contributed by atoms with Crippen molar-refractivity contribution in [3.8, 4) is 0 Å². The first-order valence-corrected chi connectivity index (χ1v) is 4.60. The maximum atomic E-state index is 5.81. The molecule has 0 bridgehead atoms. The van der Waals surface area contributed by atoms with Crippen LogP contribution in [-0.2, 0) is 0 Å². The van der Waals surface area contributed by atoms with Gasteiger partial charge in [0.15, 0.2) is 0 Å². The summed E-state index contributed by atoms with van der Waals surface area (Å²) >= 11 is 11.6. The molecule has 1 atom stereocenters. The van der Waals surface area contributed by atoms with E-state index in [1.54, 1.807) is 6.07 Å². The third-order valence-corrected chi connectivity index (χ3v) is 2.19. The first-order valence-electron chi connectivity index (χ1n) is 3.85. The predicted molar refractivity (Wildman–Crippen MR) is 60.9 cm³/mol. The summed E-state index contributed by atoms with van der Waals surface area (Å²) < 4.78 is 0. The number of halogens is 3. The van der Waals surface area contributed by atoms with Crippen LogP contribution in [-0.4, -0.2) is 0 Å². The molecule has 2 N–H and O–H groups in total. The van der Waals surface area contributed by atoms with E-state index in [4.69, 9.17) is 28.9 Å². The average molecular weight is 241 g/mol. The Bertz CT molecular complexity index is 255. The number of nitrogens with two attached hydrogens (primary N) is 1. The molecule has 0 radical (unpaired) electrons. The third kappa shape index (κ3) is 3.74. The van der Waals surface area contributed by atoms with Crippen molar-refractivity contribution >= 4 is 35.6 Å². The second-order valence-electron chi connectivity index (χ2n) is 2.72. The number of benzene rings is 1. The minimum absolute atomic E-state index is 0. The van der Waals surface area contributed by atoms with Crippen molar-refractivity contribution in [2.75, 3.05) is 0 Å². The van der Waals surface area contributed by atoms with Gasteiger partial charge in [0.2, 0.25) is 0 Å². The van der Waals surface area contributed by atoms with Crippen molar-refractivity contribution in [3.05, 3.63) is 33.8 Å². The molecule has 0 spiro atoms. The van der Waals surface area contributed by atoms with Gasteiger partial charge < -0.3 is 5.73 Å². The van der Waals surface area contributed by atoms with Crippen LogP contribution >= 0.6 is 35.6 Å². The minimum Gasteiger partial charge on any atom is -0.324 e. The molecule has 13 heavy (non-hydrogen) atoms. The van der Waals surface area contributed by atoms with E-state index in [9.17, 15) is 0 Å². The molecule has 0 aromatic heterocycles. The quantitative estimate of drug-likeness (QED) is 0.835. The zero-order chi connectivity index (χ0) is 9.14. The third-order valence-electron chi connectivity index (χ3n) is 1.75. The normalized spacial score (nSPS) is 12.0. The highest BCUT2D eigenvalue weighted by atomic mass is 35.5. The van der Waals surface area contributed by atoms with E-state index >= 15 is 0 Å². The summed E-state index contributed by atoms with van der Waals surface area (Å²) in [5.74, 6) is 0. The molecule has 1 aromatic rings. The molecule has 0 fully saturated rings. The highest BCUT2D eigenvalue weighted by Gasteiger charge is 2.04. The van der Waals surface area contributed by atoms with Crippen LogP contribution in [0, 0.1) is 0 Å². The Labute approximate surface area is 94.6 Å². The fourth-order valence-corrected chi connectivity index (χ4v) is 1.57. The second-order valence-corrected chi connectivity index (χ2v) is 3.59. The Morgan fingerprint density at radius 1 is 1.23 bits per heavy atom. The van der Waals surface area contributed by atoms with Crippen molar-refractivity contribution in [2.45, 2.75) is 19.4 Å². The Morgan fingerprint density at radius 3 is 2.08 bits per heavy atom. The van der Waals surface area contributed by atoms with Crippen LogP contribution in [0.25, 0.3) is 0 Å². The first kappa shape index (κ1) is 13.1. The SMILES string of the molecule is CC[C@H](N)c1cc(Cl)cc(Cl)c1.Cl. The van der Waals surface area contributed by atoms with Gasteiger partial charge in [-0.3, -0.25) is 0 Å². The average Bonchev–Trinajstić information content (AvgIpc) is 2.01. The number of hydrogen-bond donors (Lipinski definition) is 1. The molecule has 0 heterocycles. The molecular formula is C9H12Cl3N. The summed E-state index contributed by atoms with van der Waals surface area (Å²) in [7, 11) is 0. The summed E-state index contributed by atoms with van der Waals surface area (Å²) in [6.07, 6.45) is 0.886. The van der Waals surface area contributed by atoms with E-state index in [-0.39, 0.29) is 18.4 Å². The highest BCUT2D eigenvalue weighted by molar-refractivity contribution is 6.34. The molecule has 0 amide bonds. The number of hydrogen-bond acceptors (Lipinski definition) is 1. The monoisotopic (exact) mass is 239 g/mol. The van der Waals surface area contributed by atoms with Gasteiger partial charge in [0.05, 0.1) is 0 Å². The summed E-state index contributed by atoms with van der Waals surface area (Å²) in [6, 6.07) is 5.43. The summed E-state index contributed by atoms with van der Waals surface area (Å²) in [4.78, 5) is 0. The molecular weight excluding hydrogens is 228 g/mol. The molecule has 0 saturated carbocycles. The lowest BCUT2D eigenvalue weighted by Gasteiger charge is -2.09. The van der Waals surface area contributed by atoms with Gasteiger partial charge in [-0.25, -0.2) is 0 Å². The largest absolute Gasteiger partial charge is 0.324 e. The van der Waals surface area contributed by atoms with Gasteiger partial charge in [-0.15, -0.1) is 12.4 Å². The molecule has 1 rings (SSSR count). The molecule has 0 aliphatic rings. The van der Waals surface area contributed by atoms with Gasteiger partial charge in [0.1, 0.15) is 0 Å². The predicted octanol–water partition coefficient (Wildman–Crippen LogP) is 3.83. The maximum absolute atomic E-state index is 5.81. The summed E-state index contributed by atoms with van der Waals surface area (Å²) in [5, 5.41) is 1.28. The zero-order valence-electron chi connectivity index (χ0n) is 7.26. The van der Waals surface area contributed by atoms with Crippen LogP contribution in [0.2, 0.25) is 10.0 Å². The lowest BCUT2D eigenvalue weighted by Crippen LogP contribution is -2.08. The van der Waals surface area contributed by atoms with E-state index in [0.29, 0.717) is 10.0 Å².